The van der Waals surface area contributed by atoms with Crippen molar-refractivity contribution in [3.8, 4) is 23.0 Å². The van der Waals surface area contributed by atoms with Crippen LogP contribution in [0.25, 0.3) is 0 Å². The zero-order chi connectivity index (χ0) is 31.9. The van der Waals surface area contributed by atoms with E-state index in [4.69, 9.17) is 19.7 Å². The fourth-order valence-electron chi connectivity index (χ4n) is 5.59. The second kappa shape index (κ2) is 11.6. The van der Waals surface area contributed by atoms with Crippen LogP contribution < -0.4 is 9.47 Å². The Morgan fingerprint density at radius 2 is 0.844 bits per heavy atom. The summed E-state index contributed by atoms with van der Waals surface area (Å²) in [6.45, 7) is 3.49. The molecule has 10 nitrogen and oxygen atoms in total. The summed E-state index contributed by atoms with van der Waals surface area (Å²) in [7, 11) is 0. The summed E-state index contributed by atoms with van der Waals surface area (Å²) in [5.74, 6) is 0.221. The molecule has 0 aliphatic carbocycles. The molecule has 10 heteroatoms. The third kappa shape index (κ3) is 5.34. The van der Waals surface area contributed by atoms with E-state index in [-0.39, 0.29) is 42.8 Å². The normalized spacial score (nSPS) is 14.2. The van der Waals surface area contributed by atoms with Gasteiger partial charge in [-0.05, 0) is 71.8 Å². The molecule has 0 fully saturated rings. The van der Waals surface area contributed by atoms with Gasteiger partial charge in [0.05, 0.1) is 48.6 Å². The van der Waals surface area contributed by atoms with E-state index in [2.05, 4.69) is 13.8 Å². The molecule has 6 rings (SSSR count). The highest BCUT2D eigenvalue weighted by Crippen LogP contribution is 2.36. The number of β-amino-alcohol motifs (C(OH)–C–C–N with tert-alkyl or cyclic N) is 2. The first-order chi connectivity index (χ1) is 21.6. The third-order valence-corrected chi connectivity index (χ3v) is 8.15. The van der Waals surface area contributed by atoms with Gasteiger partial charge in [0.1, 0.15) is 23.0 Å². The monoisotopic (exact) mass is 606 g/mol. The molecule has 4 aromatic carbocycles. The number of carbonyl (C=O) groups excluding carboxylic acids is 4. The number of fused-ring (bicyclic) bond motifs is 2. The van der Waals surface area contributed by atoms with Gasteiger partial charge in [0.25, 0.3) is 23.6 Å². The van der Waals surface area contributed by atoms with Crippen LogP contribution in [0.5, 0.6) is 23.0 Å². The van der Waals surface area contributed by atoms with Crippen molar-refractivity contribution < 1.29 is 38.9 Å². The van der Waals surface area contributed by atoms with Gasteiger partial charge in [0.15, 0.2) is 0 Å². The summed E-state index contributed by atoms with van der Waals surface area (Å²) in [5, 5.41) is 18.3. The maximum atomic E-state index is 12.6. The van der Waals surface area contributed by atoms with E-state index in [1.165, 1.54) is 0 Å². The van der Waals surface area contributed by atoms with Crippen LogP contribution in [0.2, 0.25) is 0 Å². The van der Waals surface area contributed by atoms with E-state index in [0.717, 1.165) is 20.9 Å². The molecule has 0 saturated heterocycles. The fourth-order valence-corrected chi connectivity index (χ4v) is 5.59. The summed E-state index contributed by atoms with van der Waals surface area (Å²) in [5.41, 5.74) is 2.78. The van der Waals surface area contributed by atoms with Crippen LogP contribution in [0.15, 0.2) is 84.9 Å². The number of carbonyl (C=O) groups is 4. The predicted octanol–water partition coefficient (Wildman–Crippen LogP) is 4.77. The highest BCUT2D eigenvalue weighted by molar-refractivity contribution is 6.22. The molecule has 0 bridgehead atoms. The first-order valence-electron chi connectivity index (χ1n) is 14.4. The Kier molecular flexibility index (Phi) is 7.69. The van der Waals surface area contributed by atoms with Crippen molar-refractivity contribution in [1.82, 2.24) is 9.80 Å². The molecule has 2 N–H and O–H groups in total. The van der Waals surface area contributed by atoms with E-state index < -0.39 is 23.6 Å². The average molecular weight is 607 g/mol. The standard InChI is InChI=1S/C35H30N2O8/c1-35(2,21-3-7-23(8-4-21)44-25-11-13-27-29(19-25)33(42)36(15-17-38)31(27)40)22-5-9-24(10-6-22)45-26-12-14-28-30(20-26)34(43)37(16-18-39)32(28)41/h3-14,19-20,38-39H,15-18H2,1-2H3. The van der Waals surface area contributed by atoms with E-state index in [1.54, 1.807) is 36.4 Å². The molecule has 0 unspecified atom stereocenters. The Balaban J connectivity index is 1.13. The van der Waals surface area contributed by atoms with Crippen molar-refractivity contribution in [3.63, 3.8) is 0 Å². The van der Waals surface area contributed by atoms with Gasteiger partial charge in [0, 0.05) is 5.41 Å². The molecule has 2 aliphatic heterocycles. The van der Waals surface area contributed by atoms with Crippen LogP contribution in [0.4, 0.5) is 0 Å². The smallest absolute Gasteiger partial charge is 0.261 e. The topological polar surface area (TPSA) is 134 Å². The molecular weight excluding hydrogens is 576 g/mol. The van der Waals surface area contributed by atoms with Crippen molar-refractivity contribution in [3.05, 3.63) is 118 Å². The van der Waals surface area contributed by atoms with E-state index in [1.807, 2.05) is 48.5 Å². The van der Waals surface area contributed by atoms with Crippen molar-refractivity contribution in [2.45, 2.75) is 19.3 Å². The van der Waals surface area contributed by atoms with Crippen molar-refractivity contribution in [2.75, 3.05) is 26.3 Å². The maximum Gasteiger partial charge on any atom is 0.261 e. The van der Waals surface area contributed by atoms with Gasteiger partial charge in [-0.15, -0.1) is 0 Å². The highest BCUT2D eigenvalue weighted by atomic mass is 16.5. The molecule has 228 valence electrons. The fraction of sp³-hybridized carbons (Fsp3) is 0.200. The van der Waals surface area contributed by atoms with Gasteiger partial charge in [-0.1, -0.05) is 38.1 Å². The minimum absolute atomic E-state index is 0.0544. The lowest BCUT2D eigenvalue weighted by Crippen LogP contribution is -2.32. The molecule has 0 atom stereocenters. The number of imide groups is 2. The van der Waals surface area contributed by atoms with E-state index in [9.17, 15) is 19.2 Å². The number of aliphatic hydroxyl groups excluding tert-OH is 2. The molecule has 2 heterocycles. The highest BCUT2D eigenvalue weighted by Gasteiger charge is 2.36. The van der Waals surface area contributed by atoms with Gasteiger partial charge in [-0.25, -0.2) is 0 Å². The van der Waals surface area contributed by atoms with Gasteiger partial charge < -0.3 is 19.7 Å². The Labute approximate surface area is 259 Å². The summed E-state index contributed by atoms with van der Waals surface area (Å²) in [6, 6.07) is 24.7. The van der Waals surface area contributed by atoms with Crippen LogP contribution in [0, 0.1) is 0 Å². The number of aliphatic hydroxyl groups is 2. The van der Waals surface area contributed by atoms with Gasteiger partial charge in [-0.3, -0.25) is 29.0 Å². The minimum atomic E-state index is -0.451. The van der Waals surface area contributed by atoms with Crippen molar-refractivity contribution in [1.29, 1.82) is 0 Å². The SMILES string of the molecule is CC(C)(c1ccc(Oc2ccc3c(c2)C(=O)N(CCO)C3=O)cc1)c1ccc(Oc2ccc3c(c2)C(=O)N(CCO)C3=O)cc1. The molecule has 4 aromatic rings. The number of amides is 4. The van der Waals surface area contributed by atoms with Crippen LogP contribution in [0.3, 0.4) is 0 Å². The van der Waals surface area contributed by atoms with Gasteiger partial charge >= 0.3 is 0 Å². The first-order valence-corrected chi connectivity index (χ1v) is 14.4. The Hall–Kier alpha value is -5.32. The number of nitrogens with zero attached hydrogens (tertiary/aromatic N) is 2. The average Bonchev–Trinajstić information content (AvgIpc) is 3.41. The second-order valence-corrected chi connectivity index (χ2v) is 11.3. The number of hydrogen-bond donors (Lipinski definition) is 2. The molecule has 0 spiro atoms. The zero-order valence-electron chi connectivity index (χ0n) is 24.6. The first kappa shape index (κ1) is 29.7. The van der Waals surface area contributed by atoms with E-state index in [0.29, 0.717) is 34.1 Å². The third-order valence-electron chi connectivity index (χ3n) is 8.15. The van der Waals surface area contributed by atoms with E-state index >= 15 is 0 Å². The summed E-state index contributed by atoms with van der Waals surface area (Å²) < 4.78 is 12.0. The summed E-state index contributed by atoms with van der Waals surface area (Å²) in [6.07, 6.45) is 0. The van der Waals surface area contributed by atoms with Crippen LogP contribution in [0.1, 0.15) is 66.4 Å². The molecule has 0 saturated carbocycles. The molecule has 2 aliphatic rings. The molecule has 0 radical (unpaired) electrons. The van der Waals surface area contributed by atoms with Crippen molar-refractivity contribution >= 4 is 23.6 Å². The lowest BCUT2D eigenvalue weighted by Gasteiger charge is -2.26. The molecule has 45 heavy (non-hydrogen) atoms. The van der Waals surface area contributed by atoms with Crippen LogP contribution in [-0.4, -0.2) is 69.9 Å². The number of rotatable bonds is 10. The van der Waals surface area contributed by atoms with Crippen molar-refractivity contribution in [2.24, 2.45) is 0 Å². The van der Waals surface area contributed by atoms with Gasteiger partial charge in [0.2, 0.25) is 0 Å². The predicted molar refractivity (Wildman–Crippen MR) is 163 cm³/mol. The summed E-state index contributed by atoms with van der Waals surface area (Å²) >= 11 is 0. The largest absolute Gasteiger partial charge is 0.457 e. The second-order valence-electron chi connectivity index (χ2n) is 11.3. The quantitative estimate of drug-likeness (QED) is 0.247. The number of hydrogen-bond acceptors (Lipinski definition) is 8. The number of benzene rings is 4. The Morgan fingerprint density at radius 3 is 1.20 bits per heavy atom. The van der Waals surface area contributed by atoms with Crippen LogP contribution >= 0.6 is 0 Å². The van der Waals surface area contributed by atoms with Gasteiger partial charge in [-0.2, -0.15) is 0 Å². The van der Waals surface area contributed by atoms with Crippen LogP contribution in [-0.2, 0) is 5.41 Å². The molecule has 0 aromatic heterocycles. The minimum Gasteiger partial charge on any atom is -0.457 e. The Morgan fingerprint density at radius 1 is 0.511 bits per heavy atom. The maximum absolute atomic E-state index is 12.6. The molecule has 4 amide bonds. The zero-order valence-corrected chi connectivity index (χ0v) is 24.6. The number of ether oxygens (including phenoxy) is 2. The Bertz CT molecular complexity index is 1700. The molecular formula is C35H30N2O8. The lowest BCUT2D eigenvalue weighted by atomic mass is 9.78. The summed E-state index contributed by atoms with van der Waals surface area (Å²) in [4.78, 5) is 52.1. The lowest BCUT2D eigenvalue weighted by molar-refractivity contribution is 0.0610.